The lowest BCUT2D eigenvalue weighted by molar-refractivity contribution is 0.412. The molecule has 0 spiro atoms. The Labute approximate surface area is 111 Å². The summed E-state index contributed by atoms with van der Waals surface area (Å²) < 4.78 is 5.19. The number of pyridine rings is 1. The van der Waals surface area contributed by atoms with Crippen molar-refractivity contribution in [3.63, 3.8) is 0 Å². The highest BCUT2D eigenvalue weighted by molar-refractivity contribution is 5.84. The van der Waals surface area contributed by atoms with E-state index in [1.807, 2.05) is 30.3 Å². The lowest BCUT2D eigenvalue weighted by atomic mass is 10.0. The van der Waals surface area contributed by atoms with Gasteiger partial charge < -0.3 is 9.84 Å². The topological polar surface area (TPSA) is 42.4 Å². The van der Waals surface area contributed by atoms with Crippen molar-refractivity contribution in [3.8, 4) is 22.6 Å². The number of ether oxygens (including phenoxy) is 1. The lowest BCUT2D eigenvalue weighted by Gasteiger charge is -2.08. The van der Waals surface area contributed by atoms with Crippen molar-refractivity contribution < 1.29 is 9.84 Å². The van der Waals surface area contributed by atoms with E-state index in [2.05, 4.69) is 4.98 Å². The molecule has 0 radical (unpaired) electrons. The van der Waals surface area contributed by atoms with Crippen LogP contribution in [0.3, 0.4) is 0 Å². The van der Waals surface area contributed by atoms with Crippen molar-refractivity contribution in [2.75, 3.05) is 7.11 Å². The molecular formula is C16H13NO2. The van der Waals surface area contributed by atoms with Gasteiger partial charge in [0.1, 0.15) is 11.5 Å². The van der Waals surface area contributed by atoms with E-state index in [0.717, 1.165) is 22.0 Å². The number of benzene rings is 2. The number of para-hydroxylation sites is 1. The third-order valence-electron chi connectivity index (χ3n) is 3.11. The first kappa shape index (κ1) is 11.5. The monoisotopic (exact) mass is 251 g/mol. The van der Waals surface area contributed by atoms with E-state index in [4.69, 9.17) is 4.74 Å². The molecule has 2 aromatic carbocycles. The van der Waals surface area contributed by atoms with Crippen LogP contribution in [-0.4, -0.2) is 17.2 Å². The standard InChI is InChI=1S/C16H13NO2/c1-19-13-6-7-16(18)14(9-13)12-8-11-4-2-3-5-15(11)17-10-12/h2-10,18H,1H3. The molecule has 1 aromatic heterocycles. The molecular weight excluding hydrogens is 238 g/mol. The summed E-state index contributed by atoms with van der Waals surface area (Å²) in [7, 11) is 1.61. The van der Waals surface area contributed by atoms with Gasteiger partial charge in [-0.1, -0.05) is 18.2 Å². The molecule has 0 aliphatic rings. The van der Waals surface area contributed by atoms with Gasteiger partial charge in [-0.05, 0) is 30.3 Å². The third kappa shape index (κ3) is 2.10. The molecule has 0 aliphatic carbocycles. The fourth-order valence-electron chi connectivity index (χ4n) is 2.09. The predicted octanol–water partition coefficient (Wildman–Crippen LogP) is 3.62. The molecule has 0 unspecified atom stereocenters. The van der Waals surface area contributed by atoms with Gasteiger partial charge in [0, 0.05) is 22.7 Å². The minimum Gasteiger partial charge on any atom is -0.507 e. The smallest absolute Gasteiger partial charge is 0.123 e. The average Bonchev–Trinajstić information content (AvgIpc) is 2.47. The number of methoxy groups -OCH3 is 1. The van der Waals surface area contributed by atoms with Crippen LogP contribution in [0.25, 0.3) is 22.0 Å². The molecule has 3 nitrogen and oxygen atoms in total. The van der Waals surface area contributed by atoms with E-state index in [1.54, 1.807) is 31.5 Å². The van der Waals surface area contributed by atoms with Crippen molar-refractivity contribution in [2.45, 2.75) is 0 Å². The normalized spacial score (nSPS) is 10.6. The van der Waals surface area contributed by atoms with Crippen LogP contribution in [0.5, 0.6) is 11.5 Å². The van der Waals surface area contributed by atoms with E-state index in [-0.39, 0.29) is 5.75 Å². The van der Waals surface area contributed by atoms with Crippen molar-refractivity contribution >= 4 is 10.9 Å². The van der Waals surface area contributed by atoms with Gasteiger partial charge in [-0.3, -0.25) is 4.98 Å². The van der Waals surface area contributed by atoms with Crippen molar-refractivity contribution in [3.05, 3.63) is 54.7 Å². The minimum atomic E-state index is 0.220. The quantitative estimate of drug-likeness (QED) is 0.756. The maximum atomic E-state index is 9.97. The lowest BCUT2D eigenvalue weighted by Crippen LogP contribution is -1.86. The molecule has 0 saturated carbocycles. The number of hydrogen-bond donors (Lipinski definition) is 1. The van der Waals surface area contributed by atoms with Crippen LogP contribution in [0, 0.1) is 0 Å². The maximum absolute atomic E-state index is 9.97. The second kappa shape index (κ2) is 4.61. The summed E-state index contributed by atoms with van der Waals surface area (Å²) in [6, 6.07) is 15.1. The molecule has 19 heavy (non-hydrogen) atoms. The van der Waals surface area contributed by atoms with Crippen LogP contribution in [0.4, 0.5) is 0 Å². The Kier molecular flexibility index (Phi) is 2.80. The fraction of sp³-hybridized carbons (Fsp3) is 0.0625. The fourth-order valence-corrected chi connectivity index (χ4v) is 2.09. The molecule has 1 heterocycles. The molecule has 0 amide bonds. The van der Waals surface area contributed by atoms with Gasteiger partial charge in [0.25, 0.3) is 0 Å². The highest BCUT2D eigenvalue weighted by atomic mass is 16.5. The second-order valence-corrected chi connectivity index (χ2v) is 4.30. The number of hydrogen-bond acceptors (Lipinski definition) is 3. The number of aromatic hydroxyl groups is 1. The Balaban J connectivity index is 2.18. The van der Waals surface area contributed by atoms with Gasteiger partial charge in [0.2, 0.25) is 0 Å². The zero-order valence-electron chi connectivity index (χ0n) is 10.5. The van der Waals surface area contributed by atoms with Gasteiger partial charge >= 0.3 is 0 Å². The number of nitrogens with zero attached hydrogens (tertiary/aromatic N) is 1. The second-order valence-electron chi connectivity index (χ2n) is 4.30. The van der Waals surface area contributed by atoms with Gasteiger partial charge in [-0.25, -0.2) is 0 Å². The van der Waals surface area contributed by atoms with Crippen LogP contribution in [0.2, 0.25) is 0 Å². The van der Waals surface area contributed by atoms with E-state index in [9.17, 15) is 5.11 Å². The zero-order valence-corrected chi connectivity index (χ0v) is 10.5. The highest BCUT2D eigenvalue weighted by Crippen LogP contribution is 2.33. The Morgan fingerprint density at radius 2 is 1.89 bits per heavy atom. The first-order chi connectivity index (χ1) is 9.28. The molecule has 0 bridgehead atoms. The number of fused-ring (bicyclic) bond motifs is 1. The van der Waals surface area contributed by atoms with Crippen LogP contribution in [0.15, 0.2) is 54.7 Å². The first-order valence-electron chi connectivity index (χ1n) is 6.00. The Morgan fingerprint density at radius 1 is 1.05 bits per heavy atom. The van der Waals surface area contributed by atoms with Gasteiger partial charge in [0.05, 0.1) is 12.6 Å². The molecule has 1 N–H and O–H groups in total. The molecule has 94 valence electrons. The largest absolute Gasteiger partial charge is 0.507 e. The van der Waals surface area contributed by atoms with Crippen LogP contribution >= 0.6 is 0 Å². The molecule has 3 aromatic rings. The molecule has 0 atom stereocenters. The Morgan fingerprint density at radius 3 is 2.74 bits per heavy atom. The minimum absolute atomic E-state index is 0.220. The summed E-state index contributed by atoms with van der Waals surface area (Å²) in [6.07, 6.45) is 1.76. The van der Waals surface area contributed by atoms with Crippen LogP contribution in [-0.2, 0) is 0 Å². The van der Waals surface area contributed by atoms with E-state index >= 15 is 0 Å². The third-order valence-corrected chi connectivity index (χ3v) is 3.11. The van der Waals surface area contributed by atoms with Gasteiger partial charge in [-0.2, -0.15) is 0 Å². The summed E-state index contributed by atoms with van der Waals surface area (Å²) >= 11 is 0. The van der Waals surface area contributed by atoms with Gasteiger partial charge in [-0.15, -0.1) is 0 Å². The number of rotatable bonds is 2. The summed E-state index contributed by atoms with van der Waals surface area (Å²) in [6.45, 7) is 0. The molecule has 0 aliphatic heterocycles. The van der Waals surface area contributed by atoms with Crippen molar-refractivity contribution in [1.82, 2.24) is 4.98 Å². The number of phenols is 1. The Hall–Kier alpha value is -2.55. The summed E-state index contributed by atoms with van der Waals surface area (Å²) in [5.41, 5.74) is 2.53. The van der Waals surface area contributed by atoms with Gasteiger partial charge in [0.15, 0.2) is 0 Å². The van der Waals surface area contributed by atoms with Crippen molar-refractivity contribution in [2.24, 2.45) is 0 Å². The average molecular weight is 251 g/mol. The van der Waals surface area contributed by atoms with Crippen LogP contribution in [0.1, 0.15) is 0 Å². The molecule has 3 heteroatoms. The molecule has 0 fully saturated rings. The summed E-state index contributed by atoms with van der Waals surface area (Å²) in [5.74, 6) is 0.929. The highest BCUT2D eigenvalue weighted by Gasteiger charge is 2.07. The number of aromatic nitrogens is 1. The van der Waals surface area contributed by atoms with E-state index in [1.165, 1.54) is 0 Å². The summed E-state index contributed by atoms with van der Waals surface area (Å²) in [4.78, 5) is 4.40. The Bertz CT molecular complexity index is 738. The predicted molar refractivity (Wildman–Crippen MR) is 75.4 cm³/mol. The molecule has 3 rings (SSSR count). The molecule has 0 saturated heterocycles. The number of phenolic OH excluding ortho intramolecular Hbond substituents is 1. The SMILES string of the molecule is COc1ccc(O)c(-c2cnc3ccccc3c2)c1. The van der Waals surface area contributed by atoms with Crippen molar-refractivity contribution in [1.29, 1.82) is 0 Å². The maximum Gasteiger partial charge on any atom is 0.123 e. The van der Waals surface area contributed by atoms with E-state index in [0.29, 0.717) is 5.75 Å². The van der Waals surface area contributed by atoms with E-state index < -0.39 is 0 Å². The first-order valence-corrected chi connectivity index (χ1v) is 6.00. The summed E-state index contributed by atoms with van der Waals surface area (Å²) in [5, 5.41) is 11.0. The van der Waals surface area contributed by atoms with Crippen LogP contribution < -0.4 is 4.74 Å². The zero-order chi connectivity index (χ0) is 13.2.